The van der Waals surface area contributed by atoms with Crippen molar-refractivity contribution in [3.63, 3.8) is 0 Å². The van der Waals surface area contributed by atoms with Crippen molar-refractivity contribution in [1.29, 1.82) is 0 Å². The minimum Gasteiger partial charge on any atom is -0.591 e. The van der Waals surface area contributed by atoms with Crippen LogP contribution in [0.3, 0.4) is 0 Å². The standard InChI is InChI=1S/C18H29N3O2SSi/c1-18(2,3)24(22)20-12-15-7-8-16-17(11-15)21(13-19-16)14-23-9-10-25(4,5)6/h7-8,11-13H,9-10,14H2,1-6H3. The number of nitrogens with zero attached hydrogens (tertiary/aromatic N) is 3. The van der Waals surface area contributed by atoms with Crippen molar-refractivity contribution in [2.24, 2.45) is 4.40 Å². The maximum Gasteiger partial charge on any atom is 0.144 e. The lowest BCUT2D eigenvalue weighted by atomic mass is 10.2. The smallest absolute Gasteiger partial charge is 0.144 e. The summed E-state index contributed by atoms with van der Waals surface area (Å²) in [5, 5.41) is 0. The molecule has 0 saturated heterocycles. The highest BCUT2D eigenvalue weighted by Gasteiger charge is 2.25. The first kappa shape index (κ1) is 20.2. The van der Waals surface area contributed by atoms with Gasteiger partial charge in [-0.15, -0.1) is 0 Å². The lowest BCUT2D eigenvalue weighted by molar-refractivity contribution is 0.0898. The van der Waals surface area contributed by atoms with Crippen LogP contribution in [0.25, 0.3) is 11.0 Å². The molecule has 1 unspecified atom stereocenters. The monoisotopic (exact) mass is 379 g/mol. The van der Waals surface area contributed by atoms with E-state index >= 15 is 0 Å². The summed E-state index contributed by atoms with van der Waals surface area (Å²) in [4.78, 5) is 4.41. The fourth-order valence-electron chi connectivity index (χ4n) is 2.07. The summed E-state index contributed by atoms with van der Waals surface area (Å²) in [6, 6.07) is 7.05. The highest BCUT2D eigenvalue weighted by atomic mass is 32.2. The topological polar surface area (TPSA) is 62.5 Å². The Bertz CT molecular complexity index is 732. The van der Waals surface area contributed by atoms with Crippen LogP contribution in [-0.2, 0) is 22.8 Å². The summed E-state index contributed by atoms with van der Waals surface area (Å²) >= 11 is -1.26. The van der Waals surface area contributed by atoms with Crippen molar-refractivity contribution < 1.29 is 9.29 Å². The summed E-state index contributed by atoms with van der Waals surface area (Å²) in [5.41, 5.74) is 2.83. The maximum atomic E-state index is 12.1. The number of rotatable bonds is 7. The van der Waals surface area contributed by atoms with Crippen molar-refractivity contribution >= 4 is 36.7 Å². The quantitative estimate of drug-likeness (QED) is 0.313. The lowest BCUT2D eigenvalue weighted by Crippen LogP contribution is -2.25. The highest BCUT2D eigenvalue weighted by Crippen LogP contribution is 2.18. The van der Waals surface area contributed by atoms with E-state index in [1.54, 1.807) is 12.5 Å². The minimum absolute atomic E-state index is 0.355. The van der Waals surface area contributed by atoms with Crippen molar-refractivity contribution in [3.8, 4) is 0 Å². The summed E-state index contributed by atoms with van der Waals surface area (Å²) in [5.74, 6) is 0. The first-order valence-electron chi connectivity index (χ1n) is 8.55. The van der Waals surface area contributed by atoms with Gasteiger partial charge in [0.1, 0.15) is 22.8 Å². The molecule has 1 aromatic heterocycles. The SMILES string of the molecule is CC(C)(C)[S+]([O-])N=Cc1ccc2ncn(COCC[Si](C)(C)C)c2c1. The van der Waals surface area contributed by atoms with Crippen LogP contribution < -0.4 is 0 Å². The van der Waals surface area contributed by atoms with Gasteiger partial charge in [0.25, 0.3) is 0 Å². The number of hydrogen-bond donors (Lipinski definition) is 0. The molecule has 0 fully saturated rings. The van der Waals surface area contributed by atoms with Gasteiger partial charge in [-0.05, 0) is 44.5 Å². The Morgan fingerprint density at radius 1 is 1.32 bits per heavy atom. The van der Waals surface area contributed by atoms with E-state index in [0.717, 1.165) is 29.2 Å². The summed E-state index contributed by atoms with van der Waals surface area (Å²) in [7, 11) is -1.08. The molecule has 0 spiro atoms. The van der Waals surface area contributed by atoms with E-state index in [4.69, 9.17) is 4.74 Å². The second kappa shape index (κ2) is 8.03. The molecule has 0 aliphatic carbocycles. The molecule has 0 saturated carbocycles. The van der Waals surface area contributed by atoms with Gasteiger partial charge in [-0.3, -0.25) is 0 Å². The molecule has 0 N–H and O–H groups in total. The number of benzene rings is 1. The summed E-state index contributed by atoms with van der Waals surface area (Å²) < 4.78 is 23.7. The van der Waals surface area contributed by atoms with Crippen LogP contribution in [0.1, 0.15) is 26.3 Å². The van der Waals surface area contributed by atoms with Gasteiger partial charge in [0.2, 0.25) is 0 Å². The predicted molar refractivity (Wildman–Crippen MR) is 109 cm³/mol. The van der Waals surface area contributed by atoms with Gasteiger partial charge in [0.15, 0.2) is 0 Å². The molecule has 2 aromatic rings. The average Bonchev–Trinajstić information content (AvgIpc) is 2.89. The molecule has 2 rings (SSSR count). The molecular formula is C18H29N3O2SSi. The van der Waals surface area contributed by atoms with Gasteiger partial charge in [0.05, 0.1) is 23.6 Å². The third-order valence-electron chi connectivity index (χ3n) is 3.69. The fraction of sp³-hybridized carbons (Fsp3) is 0.556. The Morgan fingerprint density at radius 3 is 2.68 bits per heavy atom. The molecule has 1 aromatic carbocycles. The molecule has 0 aliphatic heterocycles. The predicted octanol–water partition coefficient (Wildman–Crippen LogP) is 4.23. The van der Waals surface area contributed by atoms with Crippen molar-refractivity contribution in [3.05, 3.63) is 30.1 Å². The Hall–Kier alpha value is -1.15. The van der Waals surface area contributed by atoms with Gasteiger partial charge in [-0.2, -0.15) is 0 Å². The van der Waals surface area contributed by atoms with E-state index in [-0.39, 0.29) is 4.75 Å². The van der Waals surface area contributed by atoms with Crippen LogP contribution in [0.2, 0.25) is 25.7 Å². The first-order chi connectivity index (χ1) is 11.6. The average molecular weight is 380 g/mol. The molecule has 1 heterocycles. The molecular weight excluding hydrogens is 350 g/mol. The molecule has 25 heavy (non-hydrogen) atoms. The molecule has 7 heteroatoms. The maximum absolute atomic E-state index is 12.1. The normalized spacial score (nSPS) is 14.5. The number of ether oxygens (including phenoxy) is 1. The zero-order chi connectivity index (χ0) is 18.7. The fourth-order valence-corrected chi connectivity index (χ4v) is 3.36. The Morgan fingerprint density at radius 2 is 2.04 bits per heavy atom. The van der Waals surface area contributed by atoms with Crippen LogP contribution in [0.15, 0.2) is 28.9 Å². The van der Waals surface area contributed by atoms with E-state index in [1.165, 1.54) is 0 Å². The zero-order valence-corrected chi connectivity index (χ0v) is 17.9. The number of aromatic nitrogens is 2. The molecule has 1 atom stereocenters. The lowest BCUT2D eigenvalue weighted by Gasteiger charge is -2.17. The van der Waals surface area contributed by atoms with Crippen molar-refractivity contribution in [2.45, 2.75) is 57.9 Å². The Kier molecular flexibility index (Phi) is 6.48. The largest absolute Gasteiger partial charge is 0.591 e. The Labute approximate surface area is 154 Å². The zero-order valence-electron chi connectivity index (χ0n) is 16.1. The van der Waals surface area contributed by atoms with E-state index in [2.05, 4.69) is 29.0 Å². The number of hydrogen-bond acceptors (Lipinski definition) is 4. The van der Waals surface area contributed by atoms with Crippen LogP contribution in [0.4, 0.5) is 0 Å². The molecule has 0 amide bonds. The van der Waals surface area contributed by atoms with Gasteiger partial charge in [-0.1, -0.05) is 30.1 Å². The third-order valence-corrected chi connectivity index (χ3v) is 6.74. The molecule has 138 valence electrons. The van der Waals surface area contributed by atoms with E-state index in [1.807, 2.05) is 43.5 Å². The van der Waals surface area contributed by atoms with Crippen LogP contribution in [-0.4, -0.2) is 39.7 Å². The van der Waals surface area contributed by atoms with Gasteiger partial charge < -0.3 is 13.9 Å². The third kappa shape index (κ3) is 6.25. The van der Waals surface area contributed by atoms with Gasteiger partial charge in [0, 0.05) is 14.7 Å². The molecule has 0 aliphatic rings. The molecule has 5 nitrogen and oxygen atoms in total. The van der Waals surface area contributed by atoms with E-state index in [9.17, 15) is 4.55 Å². The van der Waals surface area contributed by atoms with Crippen LogP contribution in [0.5, 0.6) is 0 Å². The first-order valence-corrected chi connectivity index (χ1v) is 13.4. The van der Waals surface area contributed by atoms with Gasteiger partial charge in [-0.25, -0.2) is 4.98 Å². The molecule has 0 radical (unpaired) electrons. The Balaban J connectivity index is 2.07. The van der Waals surface area contributed by atoms with Crippen LogP contribution >= 0.6 is 0 Å². The molecule has 0 bridgehead atoms. The number of imidazole rings is 1. The van der Waals surface area contributed by atoms with Crippen molar-refractivity contribution in [2.75, 3.05) is 6.61 Å². The second-order valence-corrected chi connectivity index (χ2v) is 16.0. The minimum atomic E-state index is -1.26. The van der Waals surface area contributed by atoms with Gasteiger partial charge >= 0.3 is 0 Å². The van der Waals surface area contributed by atoms with Crippen LogP contribution in [0, 0.1) is 0 Å². The highest BCUT2D eigenvalue weighted by molar-refractivity contribution is 7.91. The summed E-state index contributed by atoms with van der Waals surface area (Å²) in [6.07, 6.45) is 3.47. The summed E-state index contributed by atoms with van der Waals surface area (Å²) in [6.45, 7) is 14.0. The number of fused-ring (bicyclic) bond motifs is 1. The van der Waals surface area contributed by atoms with Crippen molar-refractivity contribution in [1.82, 2.24) is 9.55 Å². The van der Waals surface area contributed by atoms with E-state index < -0.39 is 19.4 Å². The van der Waals surface area contributed by atoms with E-state index in [0.29, 0.717) is 6.73 Å². The second-order valence-electron chi connectivity index (χ2n) is 8.41.